The molecule has 17 rings (SSSR count). The summed E-state index contributed by atoms with van der Waals surface area (Å²) in [5, 5.41) is 12.6. The van der Waals surface area contributed by atoms with Gasteiger partial charge in [-0.3, -0.25) is 0 Å². The number of aryl methyl sites for hydroxylation is 6. The molecule has 478 valence electrons. The minimum Gasteiger partial charge on any atom is -0.399 e. The fraction of sp³-hybridized carbons (Fsp3) is 0.130. The van der Waals surface area contributed by atoms with E-state index in [1.54, 1.807) is 0 Å². The predicted octanol–water partition coefficient (Wildman–Crippen LogP) is 26.7. The zero-order valence-electron chi connectivity index (χ0n) is 57.1. The third-order valence-electron chi connectivity index (χ3n) is 20.0. The number of benzene rings is 14. The van der Waals surface area contributed by atoms with Crippen molar-refractivity contribution in [3.8, 4) is 76.5 Å². The molecule has 6 heteroatoms. The first-order valence-corrected chi connectivity index (χ1v) is 36.3. The van der Waals surface area contributed by atoms with E-state index in [1.807, 2.05) is 22.7 Å². The van der Waals surface area contributed by atoms with Crippen molar-refractivity contribution in [2.45, 2.75) is 80.4 Å². The molecule has 2 nitrogen and oxygen atoms in total. The lowest BCUT2D eigenvalue weighted by Gasteiger charge is -2.32. The first-order chi connectivity index (χ1) is 47.4. The molecule has 0 atom stereocenters. The number of hydrogen-bond donors (Lipinski definition) is 0. The summed E-state index contributed by atoms with van der Waals surface area (Å²) in [6.45, 7) is 21.3. The third-order valence-corrected chi connectivity index (χ3v) is 22.9. The van der Waals surface area contributed by atoms with Crippen LogP contribution in [-0.4, -0.2) is 18.3 Å². The van der Waals surface area contributed by atoms with Crippen molar-refractivity contribution in [1.29, 1.82) is 0 Å². The summed E-state index contributed by atoms with van der Waals surface area (Å²) < 4.78 is 16.8. The molecule has 0 radical (unpaired) electrons. The molecule has 14 aromatic carbocycles. The first-order valence-electron chi connectivity index (χ1n) is 33.9. The summed E-state index contributed by atoms with van der Waals surface area (Å²) in [7, 11) is -0.406. The van der Waals surface area contributed by atoms with Crippen molar-refractivity contribution < 1.29 is 9.31 Å². The Labute approximate surface area is 593 Å². The van der Waals surface area contributed by atoms with E-state index in [1.165, 1.54) is 173 Å². The Morgan fingerprint density at radius 1 is 0.265 bits per heavy atom. The Balaban J connectivity index is 0.000000127. The minimum absolute atomic E-state index is 0.379. The molecule has 1 saturated heterocycles. The second kappa shape index (κ2) is 26.4. The Hall–Kier alpha value is -9.50. The van der Waals surface area contributed by atoms with Gasteiger partial charge >= 0.3 is 7.12 Å². The number of fused-ring (bicyclic) bond motifs is 6. The van der Waals surface area contributed by atoms with Gasteiger partial charge in [0.05, 0.1) is 11.2 Å². The third kappa shape index (κ3) is 12.2. The Bertz CT molecular complexity index is 5540. The fourth-order valence-corrected chi connectivity index (χ4v) is 17.1. The highest BCUT2D eigenvalue weighted by molar-refractivity contribution is 9.10. The van der Waals surface area contributed by atoms with Crippen LogP contribution in [0.1, 0.15) is 61.1 Å². The van der Waals surface area contributed by atoms with Crippen molar-refractivity contribution in [1.82, 2.24) is 0 Å². The largest absolute Gasteiger partial charge is 0.496 e. The predicted molar refractivity (Wildman–Crippen MR) is 430 cm³/mol. The van der Waals surface area contributed by atoms with Crippen LogP contribution in [0.2, 0.25) is 0 Å². The van der Waals surface area contributed by atoms with Crippen LogP contribution in [-0.2, 0) is 9.31 Å². The molecule has 0 amide bonds. The monoisotopic (exact) mass is 1370 g/mol. The van der Waals surface area contributed by atoms with E-state index >= 15 is 0 Å². The second-order valence-corrected chi connectivity index (χ2v) is 30.5. The number of hydrogen-bond acceptors (Lipinski definition) is 4. The minimum atomic E-state index is -0.406. The summed E-state index contributed by atoms with van der Waals surface area (Å²) in [6, 6.07) is 102. The molecule has 98 heavy (non-hydrogen) atoms. The zero-order valence-corrected chi connectivity index (χ0v) is 60.4. The molecule has 0 aliphatic carbocycles. The lowest BCUT2D eigenvalue weighted by molar-refractivity contribution is 0.00578. The molecular weight excluding hydrogens is 1290 g/mol. The number of rotatable bonds is 8. The Kier molecular flexibility index (Phi) is 17.4. The fourth-order valence-electron chi connectivity index (χ4n) is 14.0. The van der Waals surface area contributed by atoms with E-state index in [0.29, 0.717) is 0 Å². The summed E-state index contributed by atoms with van der Waals surface area (Å²) in [5.41, 5.74) is 23.4. The highest BCUT2D eigenvalue weighted by Crippen LogP contribution is 2.50. The Morgan fingerprint density at radius 2 is 0.520 bits per heavy atom. The van der Waals surface area contributed by atoms with E-state index in [2.05, 4.69) is 364 Å². The maximum atomic E-state index is 6.51. The van der Waals surface area contributed by atoms with Crippen LogP contribution in [0, 0.1) is 41.5 Å². The second-order valence-electron chi connectivity index (χ2n) is 27.5. The van der Waals surface area contributed by atoms with E-state index in [4.69, 9.17) is 9.31 Å². The molecule has 0 spiro atoms. The van der Waals surface area contributed by atoms with Gasteiger partial charge < -0.3 is 9.31 Å². The van der Waals surface area contributed by atoms with Gasteiger partial charge in [-0.25, -0.2) is 0 Å². The number of thiophene rings is 2. The summed E-state index contributed by atoms with van der Waals surface area (Å²) in [6.07, 6.45) is 0. The maximum absolute atomic E-state index is 6.51. The molecule has 1 aliphatic rings. The SMILES string of the molecule is Cc1ccc(-c2c3ccccc3c(B3OC(C)(C)C(C)(C)O3)c3ccccc23)cc1.Cc1ccc(-c2sc3cc(-c4c5ccccc5c(-c5ccc(C)cc5)c5ccccc45)ccc3c2-c2ccc(C)cc2)cc1.Cc1ccc(-c2sc3cc(Br)ccc3c2-c2ccc(C)cc2)cc1. The molecule has 0 unspecified atom stereocenters. The van der Waals surface area contributed by atoms with E-state index < -0.39 is 7.12 Å². The zero-order chi connectivity index (χ0) is 67.6. The molecule has 3 heterocycles. The van der Waals surface area contributed by atoms with Gasteiger partial charge in [-0.2, -0.15) is 0 Å². The summed E-state index contributed by atoms with van der Waals surface area (Å²) >= 11 is 7.37. The summed E-state index contributed by atoms with van der Waals surface area (Å²) in [4.78, 5) is 2.66. The van der Waals surface area contributed by atoms with Crippen molar-refractivity contribution in [2.75, 3.05) is 0 Å². The van der Waals surface area contributed by atoms with Crippen molar-refractivity contribution >= 4 is 114 Å². The molecular formula is C92H76BBrO2S2. The van der Waals surface area contributed by atoms with Gasteiger partial charge in [0.15, 0.2) is 0 Å². The van der Waals surface area contributed by atoms with Crippen molar-refractivity contribution in [3.63, 3.8) is 0 Å². The quantitative estimate of drug-likeness (QED) is 0.112. The van der Waals surface area contributed by atoms with E-state index in [9.17, 15) is 0 Å². The van der Waals surface area contributed by atoms with Crippen LogP contribution in [0.4, 0.5) is 0 Å². The van der Waals surface area contributed by atoms with Gasteiger partial charge in [-0.1, -0.05) is 310 Å². The van der Waals surface area contributed by atoms with Crippen LogP contribution in [0.25, 0.3) is 140 Å². The van der Waals surface area contributed by atoms with Crippen LogP contribution in [0.15, 0.2) is 284 Å². The van der Waals surface area contributed by atoms with Crippen LogP contribution >= 0.6 is 38.6 Å². The van der Waals surface area contributed by atoms with Gasteiger partial charge in [0.25, 0.3) is 0 Å². The Morgan fingerprint density at radius 3 is 0.857 bits per heavy atom. The molecule has 16 aromatic rings. The van der Waals surface area contributed by atoms with Gasteiger partial charge in [0.1, 0.15) is 0 Å². The van der Waals surface area contributed by atoms with Crippen LogP contribution in [0.5, 0.6) is 0 Å². The molecule has 2 aromatic heterocycles. The molecule has 1 fully saturated rings. The molecule has 1 aliphatic heterocycles. The highest BCUT2D eigenvalue weighted by Gasteiger charge is 2.52. The average molecular weight is 1370 g/mol. The average Bonchev–Trinajstić information content (AvgIpc) is 1.22. The van der Waals surface area contributed by atoms with Crippen LogP contribution in [0.3, 0.4) is 0 Å². The van der Waals surface area contributed by atoms with Crippen molar-refractivity contribution in [3.05, 3.63) is 317 Å². The van der Waals surface area contributed by atoms with Crippen LogP contribution < -0.4 is 5.46 Å². The smallest absolute Gasteiger partial charge is 0.399 e. The summed E-state index contributed by atoms with van der Waals surface area (Å²) in [5.74, 6) is 0. The van der Waals surface area contributed by atoms with E-state index in [-0.39, 0.29) is 11.2 Å². The molecule has 0 N–H and O–H groups in total. The molecule has 0 bridgehead atoms. The number of halogens is 1. The van der Waals surface area contributed by atoms with Gasteiger partial charge in [0.2, 0.25) is 0 Å². The van der Waals surface area contributed by atoms with Gasteiger partial charge in [0, 0.05) is 45.5 Å². The lowest BCUT2D eigenvalue weighted by atomic mass is 9.71. The van der Waals surface area contributed by atoms with Gasteiger partial charge in [-0.05, 0) is 192 Å². The topological polar surface area (TPSA) is 18.5 Å². The normalized spacial score (nSPS) is 13.3. The highest BCUT2D eigenvalue weighted by atomic mass is 79.9. The standard InChI is InChI=1S/C43H32S.C27H27BO2.C22H17BrS/c1-27-12-18-30(19-13-27)40-34-8-4-6-10-36(34)41(37-11-7-5-9-35(37)40)33-24-25-38-39(26-33)44-43(32-22-16-29(3)17-23-32)42(38)31-20-14-28(2)15-21-31;1-18-14-16-19(17-15-18)24-20-10-6-8-12-22(20)25(23-13-9-7-11-21(23)24)28-29-26(2,3)27(4,5)30-28;1-14-3-7-16(8-4-14)21-19-12-11-18(23)13-20(19)24-22(21)17-9-5-15(2)6-10-17/h4-26H,1-3H3;6-17H,1-5H3;3-13H,1-2H3. The first kappa shape index (κ1) is 64.5. The van der Waals surface area contributed by atoms with Crippen molar-refractivity contribution in [2.24, 2.45) is 0 Å². The van der Waals surface area contributed by atoms with Gasteiger partial charge in [-0.15, -0.1) is 22.7 Å². The molecule has 0 saturated carbocycles. The van der Waals surface area contributed by atoms with E-state index in [0.717, 1.165) is 9.94 Å². The lowest BCUT2D eigenvalue weighted by Crippen LogP contribution is -2.41. The maximum Gasteiger partial charge on any atom is 0.496 e.